The first-order valence-electron chi connectivity index (χ1n) is 5.90. The lowest BCUT2D eigenvalue weighted by Gasteiger charge is -2.17. The fourth-order valence-corrected chi connectivity index (χ4v) is 2.93. The van der Waals surface area contributed by atoms with Gasteiger partial charge in [0.15, 0.2) is 0 Å². The Morgan fingerprint density at radius 3 is 2.53 bits per heavy atom. The van der Waals surface area contributed by atoms with Crippen molar-refractivity contribution in [3.05, 3.63) is 42.0 Å². The van der Waals surface area contributed by atoms with Gasteiger partial charge in [-0.25, -0.2) is 8.51 Å². The molecule has 17 heavy (non-hydrogen) atoms. The number of benzene rings is 1. The Morgan fingerprint density at radius 2 is 1.94 bits per heavy atom. The third kappa shape index (κ3) is 3.27. The van der Waals surface area contributed by atoms with Crippen molar-refractivity contribution < 1.29 is 4.21 Å². The van der Waals surface area contributed by atoms with E-state index in [0.29, 0.717) is 6.04 Å². The average molecular weight is 249 g/mol. The molecule has 1 heterocycles. The Morgan fingerprint density at radius 1 is 1.29 bits per heavy atom. The van der Waals surface area contributed by atoms with Crippen LogP contribution in [0.5, 0.6) is 0 Å². The Kier molecular flexibility index (Phi) is 3.50. The van der Waals surface area contributed by atoms with Crippen molar-refractivity contribution in [3.63, 3.8) is 0 Å². The molecule has 0 radical (unpaired) electrons. The lowest BCUT2D eigenvalue weighted by molar-refractivity contribution is 0.612. The summed E-state index contributed by atoms with van der Waals surface area (Å²) in [4.78, 5) is 0. The maximum Gasteiger partial charge on any atom is 0.100 e. The van der Waals surface area contributed by atoms with Crippen molar-refractivity contribution in [2.24, 2.45) is 0 Å². The number of rotatable bonds is 3. The topological polar surface area (TPSA) is 20.1 Å². The van der Waals surface area contributed by atoms with E-state index in [1.54, 1.807) is 0 Å². The maximum absolute atomic E-state index is 12.1. The minimum Gasteiger partial charge on any atom is -0.242 e. The first kappa shape index (κ1) is 12.5. The molecule has 1 aliphatic heterocycles. The molecular weight excluding hydrogens is 230 g/mol. The lowest BCUT2D eigenvalue weighted by atomic mass is 10.2. The van der Waals surface area contributed by atoms with Gasteiger partial charge in [-0.05, 0) is 26.3 Å². The van der Waals surface area contributed by atoms with Gasteiger partial charge in [0.05, 0.1) is 10.8 Å². The number of nitrogens with zero attached hydrogens (tertiary/aromatic N) is 1. The van der Waals surface area contributed by atoms with Gasteiger partial charge in [0.25, 0.3) is 0 Å². The maximum atomic E-state index is 12.1. The molecule has 1 aliphatic rings. The second kappa shape index (κ2) is 4.75. The molecule has 0 aromatic heterocycles. The van der Waals surface area contributed by atoms with E-state index in [4.69, 9.17) is 0 Å². The van der Waals surface area contributed by atoms with Crippen LogP contribution in [-0.4, -0.2) is 25.8 Å². The molecule has 0 aliphatic carbocycles. The summed E-state index contributed by atoms with van der Waals surface area (Å²) in [5.74, 6) is 0. The largest absolute Gasteiger partial charge is 0.242 e. The summed E-state index contributed by atoms with van der Waals surface area (Å²) in [5, 5.41) is 0. The molecule has 3 atom stereocenters. The van der Waals surface area contributed by atoms with E-state index >= 15 is 0 Å². The van der Waals surface area contributed by atoms with Gasteiger partial charge in [0.2, 0.25) is 0 Å². The fraction of sp³-hybridized carbons (Fsp3) is 0.429. The summed E-state index contributed by atoms with van der Waals surface area (Å²) < 4.78 is 13.9. The van der Waals surface area contributed by atoms with Crippen molar-refractivity contribution in [2.75, 3.05) is 6.54 Å². The van der Waals surface area contributed by atoms with Crippen LogP contribution in [0.15, 0.2) is 36.4 Å². The molecule has 2 unspecified atom stereocenters. The third-order valence-electron chi connectivity index (χ3n) is 2.65. The molecule has 0 bridgehead atoms. The zero-order chi connectivity index (χ0) is 12.5. The van der Waals surface area contributed by atoms with Crippen LogP contribution in [-0.2, 0) is 11.0 Å². The summed E-state index contributed by atoms with van der Waals surface area (Å²) in [6.45, 7) is 6.95. The van der Waals surface area contributed by atoms with Crippen LogP contribution in [0, 0.1) is 0 Å². The van der Waals surface area contributed by atoms with Crippen LogP contribution in [0.25, 0.3) is 6.08 Å². The lowest BCUT2D eigenvalue weighted by Crippen LogP contribution is -2.27. The van der Waals surface area contributed by atoms with Crippen molar-refractivity contribution in [3.8, 4) is 0 Å². The zero-order valence-corrected chi connectivity index (χ0v) is 11.4. The SMILES string of the molecule is CC(C)(C)[S@](=O)N1CC1/C=C/c1ccccc1. The normalized spacial score (nSPS) is 26.1. The Balaban J connectivity index is 1.93. The van der Waals surface area contributed by atoms with Crippen molar-refractivity contribution >= 4 is 17.1 Å². The Labute approximate surface area is 106 Å². The van der Waals surface area contributed by atoms with Gasteiger partial charge in [0.1, 0.15) is 11.0 Å². The standard InChI is InChI=1S/C14H19NOS/c1-14(2,3)17(16)15-11-13(15)10-9-12-7-5-4-6-8-12/h4-10,13H,11H2,1-3H3/b10-9+/t13?,15?,17-/m0/s1. The summed E-state index contributed by atoms with van der Waals surface area (Å²) in [6, 6.07) is 10.5. The van der Waals surface area contributed by atoms with E-state index in [9.17, 15) is 4.21 Å². The molecule has 2 nitrogen and oxygen atoms in total. The van der Waals surface area contributed by atoms with E-state index in [1.165, 1.54) is 5.56 Å². The van der Waals surface area contributed by atoms with Crippen molar-refractivity contribution in [2.45, 2.75) is 31.6 Å². The van der Waals surface area contributed by atoms with E-state index in [-0.39, 0.29) is 4.75 Å². The van der Waals surface area contributed by atoms with E-state index in [1.807, 2.05) is 43.3 Å². The van der Waals surface area contributed by atoms with Crippen LogP contribution in [0.3, 0.4) is 0 Å². The van der Waals surface area contributed by atoms with Crippen LogP contribution < -0.4 is 0 Å². The molecule has 0 N–H and O–H groups in total. The molecular formula is C14H19NOS. The molecule has 1 saturated heterocycles. The number of hydrogen-bond donors (Lipinski definition) is 0. The third-order valence-corrected chi connectivity index (χ3v) is 4.54. The van der Waals surface area contributed by atoms with Gasteiger partial charge in [-0.2, -0.15) is 0 Å². The summed E-state index contributed by atoms with van der Waals surface area (Å²) in [6.07, 6.45) is 4.24. The monoisotopic (exact) mass is 249 g/mol. The van der Waals surface area contributed by atoms with Crippen LogP contribution in [0.2, 0.25) is 0 Å². The summed E-state index contributed by atoms with van der Waals surface area (Å²) >= 11 is 0. The van der Waals surface area contributed by atoms with Crippen LogP contribution in [0.1, 0.15) is 26.3 Å². The first-order valence-corrected chi connectivity index (χ1v) is 7.01. The van der Waals surface area contributed by atoms with E-state index in [2.05, 4.69) is 24.3 Å². The molecule has 2 rings (SSSR count). The minimum atomic E-state index is -0.884. The second-order valence-electron chi connectivity index (χ2n) is 5.30. The average Bonchev–Trinajstić information content (AvgIpc) is 3.05. The highest BCUT2D eigenvalue weighted by Gasteiger charge is 2.41. The van der Waals surface area contributed by atoms with Gasteiger partial charge in [-0.1, -0.05) is 42.5 Å². The molecule has 92 valence electrons. The first-order chi connectivity index (χ1) is 7.98. The predicted molar refractivity (Wildman–Crippen MR) is 73.9 cm³/mol. The molecule has 3 heteroatoms. The Bertz CT molecular complexity index is 433. The van der Waals surface area contributed by atoms with Crippen molar-refractivity contribution in [1.82, 2.24) is 4.31 Å². The quantitative estimate of drug-likeness (QED) is 0.754. The van der Waals surface area contributed by atoms with Crippen LogP contribution in [0.4, 0.5) is 0 Å². The van der Waals surface area contributed by atoms with Crippen LogP contribution >= 0.6 is 0 Å². The molecule has 0 saturated carbocycles. The Hall–Kier alpha value is -0.930. The zero-order valence-electron chi connectivity index (χ0n) is 10.6. The van der Waals surface area contributed by atoms with E-state index < -0.39 is 11.0 Å². The molecule has 1 aromatic carbocycles. The van der Waals surface area contributed by atoms with Gasteiger partial charge in [0, 0.05) is 6.54 Å². The van der Waals surface area contributed by atoms with Gasteiger partial charge in [-0.3, -0.25) is 0 Å². The molecule has 1 aromatic rings. The highest BCUT2D eigenvalue weighted by Crippen LogP contribution is 2.28. The number of hydrogen-bond acceptors (Lipinski definition) is 1. The fourth-order valence-electron chi connectivity index (χ4n) is 1.62. The molecule has 1 fully saturated rings. The van der Waals surface area contributed by atoms with Crippen molar-refractivity contribution in [1.29, 1.82) is 0 Å². The summed E-state index contributed by atoms with van der Waals surface area (Å²) in [5.41, 5.74) is 1.20. The molecule has 0 spiro atoms. The van der Waals surface area contributed by atoms with Gasteiger partial charge < -0.3 is 0 Å². The molecule has 0 amide bonds. The highest BCUT2D eigenvalue weighted by atomic mass is 32.2. The summed E-state index contributed by atoms with van der Waals surface area (Å²) in [7, 11) is -0.884. The minimum absolute atomic E-state index is 0.157. The van der Waals surface area contributed by atoms with E-state index in [0.717, 1.165) is 6.54 Å². The smallest absolute Gasteiger partial charge is 0.100 e. The van der Waals surface area contributed by atoms with Gasteiger partial charge >= 0.3 is 0 Å². The second-order valence-corrected chi connectivity index (χ2v) is 7.49. The van der Waals surface area contributed by atoms with Gasteiger partial charge in [-0.15, -0.1) is 0 Å². The predicted octanol–water partition coefficient (Wildman–Crippen LogP) is 2.85. The highest BCUT2D eigenvalue weighted by molar-refractivity contribution is 7.84.